The maximum absolute atomic E-state index is 9.78. The zero-order chi connectivity index (χ0) is 12.8. The van der Waals surface area contributed by atoms with Crippen molar-refractivity contribution in [1.29, 1.82) is 0 Å². The average Bonchev–Trinajstić information content (AvgIpc) is 2.99. The number of aryl methyl sites for hydroxylation is 1. The third-order valence-electron chi connectivity index (χ3n) is 3.29. The van der Waals surface area contributed by atoms with Crippen molar-refractivity contribution >= 4 is 0 Å². The number of ether oxygens (including phenoxy) is 1. The second kappa shape index (κ2) is 6.82. The molecule has 2 rings (SSSR count). The van der Waals surface area contributed by atoms with Crippen LogP contribution in [0.4, 0.5) is 0 Å². The van der Waals surface area contributed by atoms with Crippen LogP contribution < -0.4 is 5.32 Å². The zero-order valence-corrected chi connectivity index (χ0v) is 10.9. The van der Waals surface area contributed by atoms with Gasteiger partial charge in [0, 0.05) is 13.6 Å². The molecule has 102 valence electrons. The number of hydrogen-bond donors (Lipinski definition) is 2. The fourth-order valence-corrected chi connectivity index (χ4v) is 2.18. The first-order chi connectivity index (χ1) is 8.75. The summed E-state index contributed by atoms with van der Waals surface area (Å²) in [7, 11) is 1.90. The molecule has 18 heavy (non-hydrogen) atoms. The van der Waals surface area contributed by atoms with E-state index in [4.69, 9.17) is 4.74 Å². The molecule has 0 saturated heterocycles. The van der Waals surface area contributed by atoms with E-state index in [1.54, 1.807) is 6.33 Å². The number of rotatable bonds is 7. The summed E-state index contributed by atoms with van der Waals surface area (Å²) in [5.74, 6) is 0.860. The first-order valence-electron chi connectivity index (χ1n) is 6.59. The highest BCUT2D eigenvalue weighted by molar-refractivity contribution is 4.83. The second-order valence-corrected chi connectivity index (χ2v) is 4.88. The van der Waals surface area contributed by atoms with Crippen LogP contribution in [0.1, 0.15) is 31.5 Å². The van der Waals surface area contributed by atoms with Gasteiger partial charge in [-0.2, -0.15) is 0 Å². The standard InChI is InChI=1S/C12H22N4O2/c1-16-9-14-15-12(16)7-13-6-10(17)8-18-11-4-2-3-5-11/h9-11,13,17H,2-8H2,1H3. The zero-order valence-electron chi connectivity index (χ0n) is 10.9. The largest absolute Gasteiger partial charge is 0.389 e. The van der Waals surface area contributed by atoms with E-state index in [2.05, 4.69) is 15.5 Å². The number of aliphatic hydroxyl groups is 1. The Balaban J connectivity index is 1.57. The Morgan fingerprint density at radius 1 is 1.56 bits per heavy atom. The molecule has 0 aromatic carbocycles. The van der Waals surface area contributed by atoms with E-state index in [1.807, 2.05) is 11.6 Å². The van der Waals surface area contributed by atoms with Crippen LogP contribution >= 0.6 is 0 Å². The smallest absolute Gasteiger partial charge is 0.146 e. The highest BCUT2D eigenvalue weighted by Crippen LogP contribution is 2.20. The Bertz CT molecular complexity index is 350. The molecular weight excluding hydrogens is 232 g/mol. The summed E-state index contributed by atoms with van der Waals surface area (Å²) in [5.41, 5.74) is 0. The lowest BCUT2D eigenvalue weighted by molar-refractivity contribution is -0.00555. The van der Waals surface area contributed by atoms with Gasteiger partial charge < -0.3 is 19.7 Å². The molecule has 1 saturated carbocycles. The lowest BCUT2D eigenvalue weighted by Gasteiger charge is -2.15. The topological polar surface area (TPSA) is 72.2 Å². The summed E-state index contributed by atoms with van der Waals surface area (Å²) in [6, 6.07) is 0. The van der Waals surface area contributed by atoms with Crippen molar-refractivity contribution < 1.29 is 9.84 Å². The minimum atomic E-state index is -0.459. The highest BCUT2D eigenvalue weighted by atomic mass is 16.5. The monoisotopic (exact) mass is 254 g/mol. The van der Waals surface area contributed by atoms with Crippen LogP contribution in [0.3, 0.4) is 0 Å². The molecule has 6 nitrogen and oxygen atoms in total. The van der Waals surface area contributed by atoms with Gasteiger partial charge in [-0.15, -0.1) is 10.2 Å². The number of aromatic nitrogens is 3. The molecule has 0 bridgehead atoms. The molecule has 0 spiro atoms. The van der Waals surface area contributed by atoms with E-state index in [0.717, 1.165) is 18.7 Å². The van der Waals surface area contributed by atoms with Crippen molar-refractivity contribution in [3.05, 3.63) is 12.2 Å². The molecule has 6 heteroatoms. The summed E-state index contributed by atoms with van der Waals surface area (Å²) in [4.78, 5) is 0. The fraction of sp³-hybridized carbons (Fsp3) is 0.833. The van der Waals surface area contributed by atoms with Gasteiger partial charge in [0.05, 0.1) is 25.4 Å². The Morgan fingerprint density at radius 2 is 2.33 bits per heavy atom. The van der Waals surface area contributed by atoms with Crippen LogP contribution in [-0.4, -0.2) is 45.2 Å². The molecule has 1 aromatic heterocycles. The Labute approximate surface area is 107 Å². The molecule has 0 aliphatic heterocycles. The lowest BCUT2D eigenvalue weighted by Crippen LogP contribution is -2.32. The molecule has 1 fully saturated rings. The van der Waals surface area contributed by atoms with Crippen LogP contribution in [0, 0.1) is 0 Å². The first kappa shape index (κ1) is 13.5. The van der Waals surface area contributed by atoms with E-state index >= 15 is 0 Å². The SMILES string of the molecule is Cn1cnnc1CNCC(O)COC1CCCC1. The fourth-order valence-electron chi connectivity index (χ4n) is 2.18. The molecule has 1 aromatic rings. The summed E-state index contributed by atoms with van der Waals surface area (Å²) in [5, 5.41) is 20.7. The minimum Gasteiger partial charge on any atom is -0.389 e. The summed E-state index contributed by atoms with van der Waals surface area (Å²) < 4.78 is 7.51. The van der Waals surface area contributed by atoms with Crippen LogP contribution in [0.15, 0.2) is 6.33 Å². The van der Waals surface area contributed by atoms with Gasteiger partial charge in [-0.3, -0.25) is 0 Å². The molecule has 1 aliphatic rings. The Hall–Kier alpha value is -0.980. The van der Waals surface area contributed by atoms with E-state index in [1.165, 1.54) is 12.8 Å². The molecule has 1 unspecified atom stereocenters. The number of hydrogen-bond acceptors (Lipinski definition) is 5. The van der Waals surface area contributed by atoms with Crippen molar-refractivity contribution in [3.63, 3.8) is 0 Å². The molecule has 1 atom stereocenters. The van der Waals surface area contributed by atoms with Crippen LogP contribution in [0.25, 0.3) is 0 Å². The predicted octanol–water partition coefficient (Wildman–Crippen LogP) is 0.225. The van der Waals surface area contributed by atoms with Crippen molar-refractivity contribution in [3.8, 4) is 0 Å². The predicted molar refractivity (Wildman–Crippen MR) is 66.9 cm³/mol. The van der Waals surface area contributed by atoms with Crippen LogP contribution in [0.2, 0.25) is 0 Å². The highest BCUT2D eigenvalue weighted by Gasteiger charge is 2.16. The van der Waals surface area contributed by atoms with Crippen molar-refractivity contribution in [2.45, 2.75) is 44.4 Å². The molecular formula is C12H22N4O2. The lowest BCUT2D eigenvalue weighted by atomic mass is 10.3. The molecule has 1 aliphatic carbocycles. The van der Waals surface area contributed by atoms with Crippen molar-refractivity contribution in [2.75, 3.05) is 13.2 Å². The molecule has 0 radical (unpaired) electrons. The first-order valence-corrected chi connectivity index (χ1v) is 6.59. The van der Waals surface area contributed by atoms with E-state index in [0.29, 0.717) is 25.8 Å². The van der Waals surface area contributed by atoms with Gasteiger partial charge >= 0.3 is 0 Å². The maximum Gasteiger partial charge on any atom is 0.146 e. The summed E-state index contributed by atoms with van der Waals surface area (Å²) >= 11 is 0. The van der Waals surface area contributed by atoms with Gasteiger partial charge in [-0.05, 0) is 12.8 Å². The normalized spacial score (nSPS) is 18.3. The third kappa shape index (κ3) is 4.04. The van der Waals surface area contributed by atoms with Gasteiger partial charge in [0.25, 0.3) is 0 Å². The van der Waals surface area contributed by atoms with Gasteiger partial charge in [0.2, 0.25) is 0 Å². The minimum absolute atomic E-state index is 0.360. The molecule has 0 amide bonds. The second-order valence-electron chi connectivity index (χ2n) is 4.88. The van der Waals surface area contributed by atoms with E-state index in [-0.39, 0.29) is 0 Å². The summed E-state index contributed by atoms with van der Waals surface area (Å²) in [6.45, 7) is 1.53. The average molecular weight is 254 g/mol. The Kier molecular flexibility index (Phi) is 5.10. The van der Waals surface area contributed by atoms with Crippen LogP contribution in [-0.2, 0) is 18.3 Å². The number of nitrogens with zero attached hydrogens (tertiary/aromatic N) is 3. The quantitative estimate of drug-likeness (QED) is 0.728. The molecule has 2 N–H and O–H groups in total. The summed E-state index contributed by atoms with van der Waals surface area (Å²) in [6.07, 6.45) is 6.35. The molecule has 1 heterocycles. The van der Waals surface area contributed by atoms with Gasteiger partial charge in [-0.1, -0.05) is 12.8 Å². The van der Waals surface area contributed by atoms with E-state index in [9.17, 15) is 5.11 Å². The Morgan fingerprint density at radius 3 is 3.00 bits per heavy atom. The van der Waals surface area contributed by atoms with E-state index < -0.39 is 6.10 Å². The van der Waals surface area contributed by atoms with Gasteiger partial charge in [0.1, 0.15) is 12.2 Å². The number of aliphatic hydroxyl groups excluding tert-OH is 1. The third-order valence-corrected chi connectivity index (χ3v) is 3.29. The van der Waals surface area contributed by atoms with Gasteiger partial charge in [0.15, 0.2) is 0 Å². The van der Waals surface area contributed by atoms with Gasteiger partial charge in [-0.25, -0.2) is 0 Å². The number of nitrogens with one attached hydrogen (secondary N) is 1. The van der Waals surface area contributed by atoms with Crippen LogP contribution in [0.5, 0.6) is 0 Å². The maximum atomic E-state index is 9.78. The van der Waals surface area contributed by atoms with Crippen molar-refractivity contribution in [2.24, 2.45) is 7.05 Å². The van der Waals surface area contributed by atoms with Crippen molar-refractivity contribution in [1.82, 2.24) is 20.1 Å².